The van der Waals surface area contributed by atoms with Crippen molar-refractivity contribution in [2.24, 2.45) is 5.41 Å². The standard InChI is InChI=1S/C15H19Cl2NO2/c16-9-15(6-2-1-3-7-15)10-18-14(20)12-5-4-11(17)8-13(12)19/h4-5,8,19H,1-3,6-7,9-10H2,(H,18,20). The molecule has 0 saturated heterocycles. The van der Waals surface area contributed by atoms with E-state index in [0.29, 0.717) is 17.4 Å². The average molecular weight is 316 g/mol. The van der Waals surface area contributed by atoms with Crippen LogP contribution in [0.4, 0.5) is 0 Å². The SMILES string of the molecule is O=C(NCC1(CCl)CCCCC1)c1ccc(Cl)cc1O. The van der Waals surface area contributed by atoms with Crippen LogP contribution < -0.4 is 5.32 Å². The molecule has 0 aromatic heterocycles. The molecule has 0 spiro atoms. The Hall–Kier alpha value is -0.930. The molecule has 1 amide bonds. The van der Waals surface area contributed by atoms with Gasteiger partial charge >= 0.3 is 0 Å². The van der Waals surface area contributed by atoms with Gasteiger partial charge in [-0.25, -0.2) is 0 Å². The van der Waals surface area contributed by atoms with Crippen molar-refractivity contribution >= 4 is 29.1 Å². The van der Waals surface area contributed by atoms with Gasteiger partial charge in [-0.3, -0.25) is 4.79 Å². The largest absolute Gasteiger partial charge is 0.507 e. The predicted molar refractivity (Wildman–Crippen MR) is 81.7 cm³/mol. The number of nitrogens with one attached hydrogen (secondary N) is 1. The number of halogens is 2. The van der Waals surface area contributed by atoms with Crippen LogP contribution in [-0.4, -0.2) is 23.4 Å². The minimum absolute atomic E-state index is 0.00247. The summed E-state index contributed by atoms with van der Waals surface area (Å²) in [6.07, 6.45) is 5.65. The minimum atomic E-state index is -0.283. The van der Waals surface area contributed by atoms with Gasteiger partial charge in [-0.05, 0) is 31.0 Å². The highest BCUT2D eigenvalue weighted by molar-refractivity contribution is 6.30. The zero-order chi connectivity index (χ0) is 14.6. The van der Waals surface area contributed by atoms with Gasteiger partial charge in [-0.1, -0.05) is 30.9 Å². The molecular formula is C15H19Cl2NO2. The van der Waals surface area contributed by atoms with Crippen molar-refractivity contribution in [2.45, 2.75) is 32.1 Å². The lowest BCUT2D eigenvalue weighted by atomic mass is 9.75. The third-order valence-electron chi connectivity index (χ3n) is 4.03. The van der Waals surface area contributed by atoms with Crippen LogP contribution in [-0.2, 0) is 0 Å². The summed E-state index contributed by atoms with van der Waals surface area (Å²) in [5.41, 5.74) is 0.243. The van der Waals surface area contributed by atoms with Crippen LogP contribution in [0.3, 0.4) is 0 Å². The van der Waals surface area contributed by atoms with Gasteiger partial charge in [-0.15, -0.1) is 11.6 Å². The van der Waals surface area contributed by atoms with Gasteiger partial charge in [0.25, 0.3) is 5.91 Å². The van der Waals surface area contributed by atoms with E-state index in [1.807, 2.05) is 0 Å². The molecule has 110 valence electrons. The highest BCUT2D eigenvalue weighted by atomic mass is 35.5. The molecule has 0 unspecified atom stereocenters. The van der Waals surface area contributed by atoms with E-state index in [-0.39, 0.29) is 22.6 Å². The van der Waals surface area contributed by atoms with Crippen molar-refractivity contribution < 1.29 is 9.90 Å². The lowest BCUT2D eigenvalue weighted by molar-refractivity contribution is 0.0918. The summed E-state index contributed by atoms with van der Waals surface area (Å²) >= 11 is 11.9. The summed E-state index contributed by atoms with van der Waals surface area (Å²) in [7, 11) is 0. The van der Waals surface area contributed by atoms with Crippen molar-refractivity contribution in [1.82, 2.24) is 5.32 Å². The highest BCUT2D eigenvalue weighted by Gasteiger charge is 2.31. The number of phenols is 1. The maximum Gasteiger partial charge on any atom is 0.255 e. The quantitative estimate of drug-likeness (QED) is 0.826. The van der Waals surface area contributed by atoms with Crippen LogP contribution in [0.15, 0.2) is 18.2 Å². The number of carbonyl (C=O) groups excluding carboxylic acids is 1. The van der Waals surface area contributed by atoms with E-state index >= 15 is 0 Å². The summed E-state index contributed by atoms with van der Waals surface area (Å²) < 4.78 is 0. The Morgan fingerprint density at radius 1 is 1.30 bits per heavy atom. The molecule has 0 heterocycles. The second-order valence-electron chi connectivity index (χ2n) is 5.54. The van der Waals surface area contributed by atoms with Crippen LogP contribution in [0.1, 0.15) is 42.5 Å². The van der Waals surface area contributed by atoms with E-state index in [9.17, 15) is 9.90 Å². The molecule has 0 aliphatic heterocycles. The van der Waals surface area contributed by atoms with Crippen molar-refractivity contribution in [2.75, 3.05) is 12.4 Å². The molecule has 3 nitrogen and oxygen atoms in total. The van der Waals surface area contributed by atoms with E-state index in [1.54, 1.807) is 6.07 Å². The fourth-order valence-corrected chi connectivity index (χ4v) is 3.25. The fraction of sp³-hybridized carbons (Fsp3) is 0.533. The molecule has 0 bridgehead atoms. The van der Waals surface area contributed by atoms with Crippen LogP contribution in [0, 0.1) is 5.41 Å². The zero-order valence-corrected chi connectivity index (χ0v) is 12.8. The average Bonchev–Trinajstić information content (AvgIpc) is 2.46. The molecule has 1 saturated carbocycles. The highest BCUT2D eigenvalue weighted by Crippen LogP contribution is 2.36. The molecule has 20 heavy (non-hydrogen) atoms. The van der Waals surface area contributed by atoms with Crippen LogP contribution in [0.5, 0.6) is 5.75 Å². The maximum absolute atomic E-state index is 12.1. The van der Waals surface area contributed by atoms with Crippen molar-refractivity contribution in [1.29, 1.82) is 0 Å². The first-order valence-corrected chi connectivity index (χ1v) is 7.80. The van der Waals surface area contributed by atoms with E-state index < -0.39 is 0 Å². The van der Waals surface area contributed by atoms with Crippen molar-refractivity contribution in [3.05, 3.63) is 28.8 Å². The molecule has 2 rings (SSSR count). The van der Waals surface area contributed by atoms with Crippen molar-refractivity contribution in [3.8, 4) is 5.75 Å². The number of carbonyl (C=O) groups is 1. The molecule has 1 aromatic carbocycles. The number of hydrogen-bond acceptors (Lipinski definition) is 2. The molecule has 1 fully saturated rings. The summed E-state index contributed by atoms with van der Waals surface area (Å²) in [4.78, 5) is 12.1. The first-order valence-electron chi connectivity index (χ1n) is 6.89. The number of benzene rings is 1. The van der Waals surface area contributed by atoms with E-state index in [1.165, 1.54) is 18.6 Å². The van der Waals surface area contributed by atoms with Crippen LogP contribution in [0.2, 0.25) is 5.02 Å². The van der Waals surface area contributed by atoms with Gasteiger partial charge in [0.2, 0.25) is 0 Å². The third kappa shape index (κ3) is 3.58. The van der Waals surface area contributed by atoms with Gasteiger partial charge in [0.1, 0.15) is 5.75 Å². The van der Waals surface area contributed by atoms with Crippen molar-refractivity contribution in [3.63, 3.8) is 0 Å². The summed E-state index contributed by atoms with van der Waals surface area (Å²) in [5, 5.41) is 13.0. The van der Waals surface area contributed by atoms with Gasteiger partial charge in [0.05, 0.1) is 5.56 Å². The second kappa shape index (κ2) is 6.68. The zero-order valence-electron chi connectivity index (χ0n) is 11.3. The summed E-state index contributed by atoms with van der Waals surface area (Å²) in [5.74, 6) is 0.174. The number of alkyl halides is 1. The van der Waals surface area contributed by atoms with E-state index in [4.69, 9.17) is 23.2 Å². The third-order valence-corrected chi connectivity index (χ3v) is 4.83. The Morgan fingerprint density at radius 2 is 2.00 bits per heavy atom. The van der Waals surface area contributed by atoms with Gasteiger partial charge < -0.3 is 10.4 Å². The molecule has 5 heteroatoms. The fourth-order valence-electron chi connectivity index (χ4n) is 2.72. The number of hydrogen-bond donors (Lipinski definition) is 2. The minimum Gasteiger partial charge on any atom is -0.507 e. The molecule has 1 aliphatic carbocycles. The number of amides is 1. The molecule has 2 N–H and O–H groups in total. The Kier molecular flexibility index (Phi) is 5.17. The Balaban J connectivity index is 2.00. The Bertz CT molecular complexity index is 485. The Morgan fingerprint density at radius 3 is 2.60 bits per heavy atom. The van der Waals surface area contributed by atoms with E-state index in [2.05, 4.69) is 5.32 Å². The molecular weight excluding hydrogens is 297 g/mol. The van der Waals surface area contributed by atoms with Crippen LogP contribution in [0.25, 0.3) is 0 Å². The summed E-state index contributed by atoms with van der Waals surface area (Å²) in [6, 6.07) is 4.49. The lowest BCUT2D eigenvalue weighted by Gasteiger charge is -2.35. The Labute approximate surface area is 129 Å². The van der Waals surface area contributed by atoms with Gasteiger partial charge in [0, 0.05) is 22.9 Å². The smallest absolute Gasteiger partial charge is 0.255 e. The van der Waals surface area contributed by atoms with Gasteiger partial charge in [0.15, 0.2) is 0 Å². The first-order chi connectivity index (χ1) is 9.56. The number of rotatable bonds is 4. The molecule has 1 aromatic rings. The topological polar surface area (TPSA) is 49.3 Å². The van der Waals surface area contributed by atoms with Gasteiger partial charge in [-0.2, -0.15) is 0 Å². The molecule has 0 radical (unpaired) electrons. The summed E-state index contributed by atoms with van der Waals surface area (Å²) in [6.45, 7) is 0.553. The van der Waals surface area contributed by atoms with E-state index in [0.717, 1.165) is 25.7 Å². The first kappa shape index (κ1) is 15.5. The molecule has 0 atom stereocenters. The predicted octanol–water partition coefficient (Wildman–Crippen LogP) is 3.96. The normalized spacial score (nSPS) is 17.7. The monoisotopic (exact) mass is 315 g/mol. The molecule has 1 aliphatic rings. The lowest BCUT2D eigenvalue weighted by Crippen LogP contribution is -2.40. The maximum atomic E-state index is 12.1. The van der Waals surface area contributed by atoms with Crippen LogP contribution >= 0.6 is 23.2 Å². The number of aromatic hydroxyl groups is 1. The number of phenolic OH excluding ortho intramolecular Hbond substituents is 1. The second-order valence-corrected chi connectivity index (χ2v) is 6.24.